The van der Waals surface area contributed by atoms with Gasteiger partial charge < -0.3 is 5.32 Å². The zero-order valence-electron chi connectivity index (χ0n) is 12.6. The van der Waals surface area contributed by atoms with E-state index >= 15 is 0 Å². The normalized spacial score (nSPS) is 14.7. The molecule has 1 aromatic heterocycles. The van der Waals surface area contributed by atoms with Crippen molar-refractivity contribution in [3.05, 3.63) is 21.5 Å². The molecule has 0 aliphatic heterocycles. The third-order valence-corrected chi connectivity index (χ3v) is 3.67. The van der Waals surface area contributed by atoms with E-state index in [4.69, 9.17) is 0 Å². The van der Waals surface area contributed by atoms with Crippen molar-refractivity contribution < 1.29 is 4.92 Å². The third kappa shape index (κ3) is 2.94. The van der Waals surface area contributed by atoms with E-state index in [1.54, 1.807) is 11.7 Å². The molecule has 2 atom stereocenters. The first-order valence-corrected chi connectivity index (χ1v) is 6.73. The minimum Gasteiger partial charge on any atom is -0.317 e. The van der Waals surface area contributed by atoms with E-state index in [0.717, 1.165) is 12.1 Å². The summed E-state index contributed by atoms with van der Waals surface area (Å²) in [6.45, 7) is 7.95. The van der Waals surface area contributed by atoms with Gasteiger partial charge in [0.25, 0.3) is 0 Å². The van der Waals surface area contributed by atoms with Gasteiger partial charge in [0.15, 0.2) is 0 Å². The number of nitrogens with zero attached hydrogens (tertiary/aromatic N) is 3. The second-order valence-corrected chi connectivity index (χ2v) is 5.25. The van der Waals surface area contributed by atoms with Crippen LogP contribution in [0, 0.1) is 10.1 Å². The van der Waals surface area contributed by atoms with Crippen molar-refractivity contribution in [2.24, 2.45) is 7.05 Å². The number of nitrogens with one attached hydrogen (secondary N) is 1. The predicted octanol–water partition coefficient (Wildman–Crippen LogP) is 2.55. The van der Waals surface area contributed by atoms with Gasteiger partial charge in [-0.2, -0.15) is 5.10 Å². The van der Waals surface area contributed by atoms with Crippen LogP contribution in [0.5, 0.6) is 0 Å². The largest absolute Gasteiger partial charge is 0.317 e. The molecule has 1 rings (SSSR count). The van der Waals surface area contributed by atoms with Gasteiger partial charge in [0.05, 0.1) is 4.92 Å². The Morgan fingerprint density at radius 2 is 2.00 bits per heavy atom. The molecule has 1 aromatic rings. The Bertz CT molecular complexity index is 454. The van der Waals surface area contributed by atoms with Crippen LogP contribution in [-0.4, -0.2) is 27.8 Å². The van der Waals surface area contributed by atoms with Crippen LogP contribution in [0.2, 0.25) is 0 Å². The van der Waals surface area contributed by atoms with E-state index in [-0.39, 0.29) is 28.5 Å². The quantitative estimate of drug-likeness (QED) is 0.635. The minimum atomic E-state index is -0.289. The Morgan fingerprint density at radius 1 is 1.42 bits per heavy atom. The van der Waals surface area contributed by atoms with Crippen molar-refractivity contribution in [2.75, 3.05) is 7.05 Å². The summed E-state index contributed by atoms with van der Waals surface area (Å²) in [5, 5.41) is 19.0. The van der Waals surface area contributed by atoms with Crippen LogP contribution in [0.3, 0.4) is 0 Å². The highest BCUT2D eigenvalue weighted by Gasteiger charge is 2.34. The molecule has 0 saturated heterocycles. The maximum absolute atomic E-state index is 11.4. The highest BCUT2D eigenvalue weighted by molar-refractivity contribution is 5.45. The summed E-state index contributed by atoms with van der Waals surface area (Å²) in [7, 11) is 3.66. The van der Waals surface area contributed by atoms with Crippen molar-refractivity contribution in [1.29, 1.82) is 0 Å². The molecule has 0 amide bonds. The second-order valence-electron chi connectivity index (χ2n) is 5.25. The lowest BCUT2D eigenvalue weighted by Gasteiger charge is -2.21. The first kappa shape index (κ1) is 15.6. The Morgan fingerprint density at radius 3 is 2.37 bits per heavy atom. The average Bonchev–Trinajstić information content (AvgIpc) is 2.68. The smallest absolute Gasteiger partial charge is 0.313 e. The molecular formula is C13H24N4O2. The van der Waals surface area contributed by atoms with Crippen LogP contribution in [0.4, 0.5) is 5.69 Å². The van der Waals surface area contributed by atoms with Crippen LogP contribution in [0.25, 0.3) is 0 Å². The predicted molar refractivity (Wildman–Crippen MR) is 75.5 cm³/mol. The molecule has 2 unspecified atom stereocenters. The van der Waals surface area contributed by atoms with Crippen molar-refractivity contribution in [3.8, 4) is 0 Å². The monoisotopic (exact) mass is 268 g/mol. The van der Waals surface area contributed by atoms with E-state index in [2.05, 4.69) is 10.4 Å². The lowest BCUT2D eigenvalue weighted by atomic mass is 9.92. The Kier molecular flexibility index (Phi) is 5.05. The lowest BCUT2D eigenvalue weighted by molar-refractivity contribution is -0.386. The van der Waals surface area contributed by atoms with Crippen LogP contribution in [0.1, 0.15) is 57.3 Å². The number of rotatable bonds is 6. The highest BCUT2D eigenvalue weighted by Crippen LogP contribution is 2.36. The molecule has 0 saturated carbocycles. The molecule has 0 spiro atoms. The van der Waals surface area contributed by atoms with Gasteiger partial charge in [0.1, 0.15) is 11.4 Å². The van der Waals surface area contributed by atoms with Crippen LogP contribution in [0.15, 0.2) is 0 Å². The molecule has 6 nitrogen and oxygen atoms in total. The zero-order valence-corrected chi connectivity index (χ0v) is 12.6. The van der Waals surface area contributed by atoms with E-state index in [0.29, 0.717) is 5.69 Å². The van der Waals surface area contributed by atoms with Crippen LogP contribution >= 0.6 is 0 Å². The summed E-state index contributed by atoms with van der Waals surface area (Å²) in [4.78, 5) is 11.1. The molecule has 19 heavy (non-hydrogen) atoms. The second kappa shape index (κ2) is 6.14. The third-order valence-electron chi connectivity index (χ3n) is 3.67. The van der Waals surface area contributed by atoms with E-state index in [1.165, 1.54) is 0 Å². The summed E-state index contributed by atoms with van der Waals surface area (Å²) in [6, 6.07) is 0.166. The molecule has 1 heterocycles. The van der Waals surface area contributed by atoms with E-state index < -0.39 is 0 Å². The Hall–Kier alpha value is -1.43. The Labute approximate surface area is 114 Å². The number of nitro groups is 1. The van der Waals surface area contributed by atoms with E-state index in [1.807, 2.05) is 34.7 Å². The number of hydrogen-bond acceptors (Lipinski definition) is 4. The molecular weight excluding hydrogens is 244 g/mol. The van der Waals surface area contributed by atoms with Gasteiger partial charge in [-0.15, -0.1) is 0 Å². The topological polar surface area (TPSA) is 73.0 Å². The summed E-state index contributed by atoms with van der Waals surface area (Å²) in [5.74, 6) is 0.123. The van der Waals surface area contributed by atoms with Crippen molar-refractivity contribution >= 4 is 5.69 Å². The fourth-order valence-corrected chi connectivity index (χ4v) is 2.52. The molecule has 108 valence electrons. The average molecular weight is 268 g/mol. The van der Waals surface area contributed by atoms with Gasteiger partial charge in [-0.05, 0) is 20.4 Å². The molecule has 0 aliphatic rings. The van der Waals surface area contributed by atoms with Crippen molar-refractivity contribution in [3.63, 3.8) is 0 Å². The van der Waals surface area contributed by atoms with Gasteiger partial charge in [0, 0.05) is 24.9 Å². The molecule has 6 heteroatoms. The maximum Gasteiger partial charge on any atom is 0.313 e. The molecule has 0 aliphatic carbocycles. The number of hydrogen-bond donors (Lipinski definition) is 1. The fourth-order valence-electron chi connectivity index (χ4n) is 2.52. The summed E-state index contributed by atoms with van der Waals surface area (Å²) in [5.41, 5.74) is 1.48. The summed E-state index contributed by atoms with van der Waals surface area (Å²) < 4.78 is 1.68. The van der Waals surface area contributed by atoms with Crippen LogP contribution < -0.4 is 5.32 Å². The molecule has 0 fully saturated rings. The maximum atomic E-state index is 11.4. The van der Waals surface area contributed by atoms with Gasteiger partial charge >= 0.3 is 5.69 Å². The van der Waals surface area contributed by atoms with Gasteiger partial charge in [-0.1, -0.05) is 20.8 Å². The molecule has 1 N–H and O–H groups in total. The first-order chi connectivity index (χ1) is 8.84. The Balaban J connectivity index is 3.44. The van der Waals surface area contributed by atoms with Gasteiger partial charge in [-0.25, -0.2) is 0 Å². The van der Waals surface area contributed by atoms with Crippen molar-refractivity contribution in [1.82, 2.24) is 15.1 Å². The fraction of sp³-hybridized carbons (Fsp3) is 0.769. The number of likely N-dealkylation sites (N-methyl/N-ethyl adjacent to an activating group) is 1. The highest BCUT2D eigenvalue weighted by atomic mass is 16.6. The van der Waals surface area contributed by atoms with Crippen molar-refractivity contribution in [2.45, 2.75) is 52.0 Å². The first-order valence-electron chi connectivity index (χ1n) is 6.73. The van der Waals surface area contributed by atoms with Gasteiger partial charge in [-0.3, -0.25) is 14.8 Å². The standard InChI is InChI=1S/C13H24N4O2/c1-7-10(9(4)14-5)12-13(17(18)19)11(8(2)3)15-16(12)6/h8-10,14H,7H2,1-6H3. The molecule has 0 radical (unpaired) electrons. The summed E-state index contributed by atoms with van der Waals surface area (Å²) in [6.07, 6.45) is 0.833. The molecule has 0 bridgehead atoms. The number of aromatic nitrogens is 2. The van der Waals surface area contributed by atoms with Gasteiger partial charge in [0.2, 0.25) is 0 Å². The number of aryl methyl sites for hydroxylation is 1. The molecule has 0 aromatic carbocycles. The zero-order chi connectivity index (χ0) is 14.7. The summed E-state index contributed by atoms with van der Waals surface area (Å²) >= 11 is 0. The van der Waals surface area contributed by atoms with Crippen LogP contribution in [-0.2, 0) is 7.05 Å². The minimum absolute atomic E-state index is 0.0442. The lowest BCUT2D eigenvalue weighted by Crippen LogP contribution is -2.30. The SMILES string of the molecule is CCC(c1c([N+](=O)[O-])c(C(C)C)nn1C)C(C)NC. The van der Waals surface area contributed by atoms with E-state index in [9.17, 15) is 10.1 Å².